The van der Waals surface area contributed by atoms with E-state index in [2.05, 4.69) is 0 Å². The molecule has 0 aromatic carbocycles. The van der Waals surface area contributed by atoms with Crippen LogP contribution in [0.4, 0.5) is 0 Å². The summed E-state index contributed by atoms with van der Waals surface area (Å²) >= 11 is 0. The molecule has 1 unspecified atom stereocenters. The van der Waals surface area contributed by atoms with Crippen molar-refractivity contribution in [2.75, 3.05) is 0 Å². The van der Waals surface area contributed by atoms with Gasteiger partial charge in [-0.15, -0.1) is 0 Å². The van der Waals surface area contributed by atoms with Crippen molar-refractivity contribution in [2.45, 2.75) is 18.1 Å². The molecule has 0 N–H and O–H groups in total. The molecule has 1 atom stereocenters. The second kappa shape index (κ2) is 4.07. The van der Waals surface area contributed by atoms with Crippen LogP contribution in [-0.2, 0) is 10.1 Å². The molecule has 0 heterocycles. The van der Waals surface area contributed by atoms with E-state index in [1.807, 2.05) is 0 Å². The van der Waals surface area contributed by atoms with Gasteiger partial charge < -0.3 is 4.55 Å². The Kier molecular flexibility index (Phi) is 4.20. The van der Waals surface area contributed by atoms with Gasteiger partial charge in [-0.1, -0.05) is 24.3 Å². The van der Waals surface area contributed by atoms with Crippen LogP contribution in [0.1, 0.15) is 13.3 Å². The fourth-order valence-corrected chi connectivity index (χ4v) is 1.44. The first-order valence-electron chi connectivity index (χ1n) is 3.25. The largest absolute Gasteiger partial charge is 1.00 e. The van der Waals surface area contributed by atoms with Gasteiger partial charge in [0.1, 0.15) is 10.1 Å². The van der Waals surface area contributed by atoms with Crippen LogP contribution in [0.25, 0.3) is 0 Å². The summed E-state index contributed by atoms with van der Waals surface area (Å²) in [4.78, 5) is 0. The van der Waals surface area contributed by atoms with E-state index in [1.54, 1.807) is 18.2 Å². The van der Waals surface area contributed by atoms with Crippen molar-refractivity contribution in [3.05, 3.63) is 24.3 Å². The number of hydrogen-bond acceptors (Lipinski definition) is 3. The minimum Gasteiger partial charge on any atom is -0.747 e. The fourth-order valence-electron chi connectivity index (χ4n) is 0.893. The summed E-state index contributed by atoms with van der Waals surface area (Å²) in [6.07, 6.45) is 6.69. The Hall–Kier alpha value is 0.390. The minimum absolute atomic E-state index is 0. The molecule has 62 valence electrons. The van der Waals surface area contributed by atoms with Crippen molar-refractivity contribution in [3.8, 4) is 0 Å². The molecule has 0 radical (unpaired) electrons. The first kappa shape index (κ1) is 12.4. The zero-order valence-electron chi connectivity index (χ0n) is 7.15. The van der Waals surface area contributed by atoms with E-state index < -0.39 is 14.9 Å². The SMILES string of the molecule is CC1(S(=O)(=O)[O-])C=CC=CC1.[Na+]. The van der Waals surface area contributed by atoms with Crippen molar-refractivity contribution in [2.24, 2.45) is 0 Å². The maximum Gasteiger partial charge on any atom is 1.00 e. The Bertz CT molecular complexity index is 305. The van der Waals surface area contributed by atoms with Crippen LogP contribution in [0.2, 0.25) is 0 Å². The van der Waals surface area contributed by atoms with Crippen molar-refractivity contribution < 1.29 is 42.5 Å². The predicted octanol–water partition coefficient (Wildman–Crippen LogP) is -2.19. The Morgan fingerprint density at radius 1 is 1.42 bits per heavy atom. The third kappa shape index (κ3) is 2.44. The van der Waals surface area contributed by atoms with Crippen LogP contribution in [0, 0.1) is 0 Å². The number of hydrogen-bond donors (Lipinski definition) is 0. The van der Waals surface area contributed by atoms with Crippen molar-refractivity contribution in [1.82, 2.24) is 0 Å². The molecular weight excluding hydrogens is 187 g/mol. The Morgan fingerprint density at radius 2 is 2.00 bits per heavy atom. The smallest absolute Gasteiger partial charge is 0.747 e. The summed E-state index contributed by atoms with van der Waals surface area (Å²) in [7, 11) is -4.21. The average Bonchev–Trinajstić information content (AvgIpc) is 1.87. The van der Waals surface area contributed by atoms with Crippen LogP contribution in [0.5, 0.6) is 0 Å². The van der Waals surface area contributed by atoms with Gasteiger partial charge in [0, 0.05) is 0 Å². The first-order chi connectivity index (χ1) is 4.96. The van der Waals surface area contributed by atoms with Gasteiger partial charge in [0.05, 0.1) is 4.75 Å². The molecule has 3 nitrogen and oxygen atoms in total. The van der Waals surface area contributed by atoms with Gasteiger partial charge in [-0.05, 0) is 13.3 Å². The summed E-state index contributed by atoms with van der Waals surface area (Å²) in [6.45, 7) is 1.43. The third-order valence-corrected chi connectivity index (χ3v) is 3.24. The molecule has 5 heteroatoms. The van der Waals surface area contributed by atoms with E-state index >= 15 is 0 Å². The first-order valence-corrected chi connectivity index (χ1v) is 4.66. The quantitative estimate of drug-likeness (QED) is 0.353. The van der Waals surface area contributed by atoms with Gasteiger partial charge in [-0.25, -0.2) is 8.42 Å². The number of rotatable bonds is 1. The summed E-state index contributed by atoms with van der Waals surface area (Å²) in [6, 6.07) is 0. The standard InChI is InChI=1S/C7H10O3S.Na/c1-7(11(8,9)10)5-3-2-4-6-7;/h2-5H,6H2,1H3,(H,8,9,10);/q;+1/p-1. The monoisotopic (exact) mass is 196 g/mol. The van der Waals surface area contributed by atoms with Crippen LogP contribution in [0.15, 0.2) is 24.3 Å². The van der Waals surface area contributed by atoms with Gasteiger partial charge in [0.2, 0.25) is 0 Å². The summed E-state index contributed by atoms with van der Waals surface area (Å²) in [5.74, 6) is 0. The summed E-state index contributed by atoms with van der Waals surface area (Å²) in [5.41, 5.74) is 0. The van der Waals surface area contributed by atoms with E-state index in [4.69, 9.17) is 0 Å². The molecule has 0 saturated heterocycles. The second-order valence-electron chi connectivity index (χ2n) is 2.76. The van der Waals surface area contributed by atoms with E-state index in [1.165, 1.54) is 13.0 Å². The second-order valence-corrected chi connectivity index (χ2v) is 4.60. The third-order valence-electron chi connectivity index (χ3n) is 1.79. The van der Waals surface area contributed by atoms with Gasteiger partial charge in [0.25, 0.3) is 0 Å². The molecule has 1 aliphatic rings. The maximum atomic E-state index is 10.7. The molecule has 12 heavy (non-hydrogen) atoms. The zero-order chi connectivity index (χ0) is 8.54. The molecule has 0 aromatic heterocycles. The van der Waals surface area contributed by atoms with E-state index in [0.717, 1.165) is 0 Å². The molecule has 0 fully saturated rings. The molecule has 0 amide bonds. The summed E-state index contributed by atoms with van der Waals surface area (Å²) in [5, 5.41) is 0. The summed E-state index contributed by atoms with van der Waals surface area (Å²) < 4.78 is 30.8. The average molecular weight is 196 g/mol. The van der Waals surface area contributed by atoms with Gasteiger partial charge in [-0.3, -0.25) is 0 Å². The van der Waals surface area contributed by atoms with Gasteiger partial charge >= 0.3 is 29.6 Å². The predicted molar refractivity (Wildman–Crippen MR) is 41.0 cm³/mol. The van der Waals surface area contributed by atoms with Crippen molar-refractivity contribution >= 4 is 10.1 Å². The van der Waals surface area contributed by atoms with E-state index in [-0.39, 0.29) is 36.0 Å². The number of allylic oxidation sites excluding steroid dienone is 3. The van der Waals surface area contributed by atoms with Gasteiger partial charge in [-0.2, -0.15) is 0 Å². The molecule has 1 rings (SSSR count). The zero-order valence-corrected chi connectivity index (χ0v) is 9.97. The molecule has 0 aliphatic heterocycles. The molecule has 0 saturated carbocycles. The normalized spacial score (nSPS) is 28.2. The van der Waals surface area contributed by atoms with Crippen molar-refractivity contribution in [3.63, 3.8) is 0 Å². The Labute approximate surface area is 94.6 Å². The molecule has 0 bridgehead atoms. The van der Waals surface area contributed by atoms with Crippen molar-refractivity contribution in [1.29, 1.82) is 0 Å². The Morgan fingerprint density at radius 3 is 2.25 bits per heavy atom. The fraction of sp³-hybridized carbons (Fsp3) is 0.429. The maximum absolute atomic E-state index is 10.7. The van der Waals surface area contributed by atoms with E-state index in [9.17, 15) is 13.0 Å². The van der Waals surface area contributed by atoms with Crippen LogP contribution in [-0.4, -0.2) is 17.7 Å². The molecule has 0 spiro atoms. The van der Waals surface area contributed by atoms with E-state index in [0.29, 0.717) is 0 Å². The molecule has 0 aromatic rings. The topological polar surface area (TPSA) is 57.2 Å². The minimum atomic E-state index is -4.21. The Balaban J connectivity index is 0.00000121. The van der Waals surface area contributed by atoms with Gasteiger partial charge in [0.15, 0.2) is 0 Å². The molecule has 1 aliphatic carbocycles. The molecular formula is C7H9NaO3S. The van der Waals surface area contributed by atoms with Crippen LogP contribution >= 0.6 is 0 Å². The van der Waals surface area contributed by atoms with Crippen LogP contribution < -0.4 is 29.6 Å². The van der Waals surface area contributed by atoms with Crippen LogP contribution in [0.3, 0.4) is 0 Å².